The minimum Gasteiger partial charge on any atom is -0.374 e. The fraction of sp³-hybridized carbons (Fsp3) is 0.571. The Hall–Kier alpha value is -0.860. The molecule has 0 unspecified atom stereocenters. The van der Waals surface area contributed by atoms with Crippen LogP contribution in [0.5, 0.6) is 0 Å². The fourth-order valence-electron chi connectivity index (χ4n) is 1.82. The van der Waals surface area contributed by atoms with E-state index in [1.165, 1.54) is 30.4 Å². The van der Waals surface area contributed by atoms with Crippen LogP contribution in [0, 0.1) is 0 Å². The summed E-state index contributed by atoms with van der Waals surface area (Å²) in [7, 11) is 1.99. The summed E-state index contributed by atoms with van der Waals surface area (Å²) < 4.78 is 5.77. The van der Waals surface area contributed by atoms with Gasteiger partial charge in [0.05, 0.1) is 12.7 Å². The summed E-state index contributed by atoms with van der Waals surface area (Å²) in [4.78, 5) is 0. The van der Waals surface area contributed by atoms with E-state index in [0.29, 0.717) is 6.10 Å². The van der Waals surface area contributed by atoms with Crippen molar-refractivity contribution in [3.63, 3.8) is 0 Å². The second-order valence-electron chi connectivity index (χ2n) is 4.53. The summed E-state index contributed by atoms with van der Waals surface area (Å²) in [5, 5.41) is 3.16. The second-order valence-corrected chi connectivity index (χ2v) is 4.53. The van der Waals surface area contributed by atoms with Crippen LogP contribution >= 0.6 is 0 Å². The topological polar surface area (TPSA) is 21.3 Å². The van der Waals surface area contributed by atoms with E-state index in [4.69, 9.17) is 4.74 Å². The SMILES string of the molecule is CNCCc1ccc(COC2CCC2)cc1. The Morgan fingerprint density at radius 2 is 1.88 bits per heavy atom. The van der Waals surface area contributed by atoms with Crippen LogP contribution in [0.25, 0.3) is 0 Å². The number of ether oxygens (including phenoxy) is 1. The molecule has 2 rings (SSSR count). The van der Waals surface area contributed by atoms with Crippen molar-refractivity contribution < 1.29 is 4.74 Å². The van der Waals surface area contributed by atoms with E-state index in [1.807, 2.05) is 7.05 Å². The van der Waals surface area contributed by atoms with Gasteiger partial charge in [-0.25, -0.2) is 0 Å². The van der Waals surface area contributed by atoms with Gasteiger partial charge in [0.2, 0.25) is 0 Å². The molecule has 1 fully saturated rings. The molecule has 1 aliphatic carbocycles. The molecule has 0 amide bonds. The van der Waals surface area contributed by atoms with E-state index in [-0.39, 0.29) is 0 Å². The van der Waals surface area contributed by atoms with Gasteiger partial charge in [-0.05, 0) is 50.4 Å². The smallest absolute Gasteiger partial charge is 0.0720 e. The molecule has 2 nitrogen and oxygen atoms in total. The first-order valence-corrected chi connectivity index (χ1v) is 6.22. The van der Waals surface area contributed by atoms with Gasteiger partial charge in [-0.2, -0.15) is 0 Å². The molecule has 0 spiro atoms. The van der Waals surface area contributed by atoms with Crippen LogP contribution in [0.15, 0.2) is 24.3 Å². The first kappa shape index (κ1) is 11.6. The molecule has 1 saturated carbocycles. The summed E-state index contributed by atoms with van der Waals surface area (Å²) in [5.41, 5.74) is 2.68. The Bertz CT molecular complexity index is 303. The fourth-order valence-corrected chi connectivity index (χ4v) is 1.82. The molecule has 1 aliphatic rings. The summed E-state index contributed by atoms with van der Waals surface area (Å²) in [6.45, 7) is 1.81. The maximum atomic E-state index is 5.77. The van der Waals surface area contributed by atoms with Gasteiger partial charge in [0, 0.05) is 0 Å². The first-order valence-electron chi connectivity index (χ1n) is 6.22. The molecule has 88 valence electrons. The molecule has 16 heavy (non-hydrogen) atoms. The number of nitrogens with one attached hydrogen (secondary N) is 1. The molecule has 0 atom stereocenters. The summed E-state index contributed by atoms with van der Waals surface area (Å²) in [5.74, 6) is 0. The van der Waals surface area contributed by atoms with Crippen LogP contribution in [0.3, 0.4) is 0 Å². The van der Waals surface area contributed by atoms with Crippen LogP contribution in [0.1, 0.15) is 30.4 Å². The molecule has 0 saturated heterocycles. The van der Waals surface area contributed by atoms with Gasteiger partial charge in [0.25, 0.3) is 0 Å². The highest BCUT2D eigenvalue weighted by molar-refractivity contribution is 5.22. The van der Waals surface area contributed by atoms with Crippen molar-refractivity contribution in [3.05, 3.63) is 35.4 Å². The van der Waals surface area contributed by atoms with Crippen LogP contribution in [0.4, 0.5) is 0 Å². The summed E-state index contributed by atoms with van der Waals surface area (Å²) in [6, 6.07) is 8.78. The largest absolute Gasteiger partial charge is 0.374 e. The predicted molar refractivity (Wildman–Crippen MR) is 66.5 cm³/mol. The van der Waals surface area contributed by atoms with E-state index in [0.717, 1.165) is 19.6 Å². The number of rotatable bonds is 6. The van der Waals surface area contributed by atoms with E-state index < -0.39 is 0 Å². The first-order chi connectivity index (χ1) is 7.88. The molecule has 1 aromatic carbocycles. The molecular formula is C14H21NO. The normalized spacial score (nSPS) is 16.1. The maximum Gasteiger partial charge on any atom is 0.0720 e. The van der Waals surface area contributed by atoms with Gasteiger partial charge in [-0.3, -0.25) is 0 Å². The third-order valence-electron chi connectivity index (χ3n) is 3.22. The van der Waals surface area contributed by atoms with Crippen molar-refractivity contribution in [2.24, 2.45) is 0 Å². The minimum absolute atomic E-state index is 0.531. The highest BCUT2D eigenvalue weighted by Gasteiger charge is 2.17. The van der Waals surface area contributed by atoms with Crippen molar-refractivity contribution in [2.45, 2.75) is 38.4 Å². The molecule has 0 radical (unpaired) electrons. The molecule has 1 aromatic rings. The van der Waals surface area contributed by atoms with E-state index in [1.54, 1.807) is 0 Å². The van der Waals surface area contributed by atoms with E-state index in [9.17, 15) is 0 Å². The number of likely N-dealkylation sites (N-methyl/N-ethyl adjacent to an activating group) is 1. The lowest BCUT2D eigenvalue weighted by atomic mass is 9.96. The van der Waals surface area contributed by atoms with E-state index >= 15 is 0 Å². The lowest BCUT2D eigenvalue weighted by Crippen LogP contribution is -2.21. The zero-order chi connectivity index (χ0) is 11.2. The average Bonchev–Trinajstić information content (AvgIpc) is 2.26. The molecule has 0 aliphatic heterocycles. The third kappa shape index (κ3) is 3.32. The maximum absolute atomic E-state index is 5.77. The van der Waals surface area contributed by atoms with Crippen molar-refractivity contribution >= 4 is 0 Å². The van der Waals surface area contributed by atoms with Gasteiger partial charge >= 0.3 is 0 Å². The number of benzene rings is 1. The van der Waals surface area contributed by atoms with Gasteiger partial charge in [-0.1, -0.05) is 24.3 Å². The lowest BCUT2D eigenvalue weighted by molar-refractivity contribution is -0.00866. The van der Waals surface area contributed by atoms with Crippen molar-refractivity contribution in [1.82, 2.24) is 5.32 Å². The summed E-state index contributed by atoms with van der Waals surface area (Å²) >= 11 is 0. The highest BCUT2D eigenvalue weighted by atomic mass is 16.5. The summed E-state index contributed by atoms with van der Waals surface area (Å²) in [6.07, 6.45) is 5.47. The van der Waals surface area contributed by atoms with Crippen LogP contribution < -0.4 is 5.32 Å². The predicted octanol–water partition coefficient (Wildman–Crippen LogP) is 2.52. The molecular weight excluding hydrogens is 198 g/mol. The zero-order valence-corrected chi connectivity index (χ0v) is 10.0. The Kier molecular flexibility index (Phi) is 4.37. The lowest BCUT2D eigenvalue weighted by Gasteiger charge is -2.25. The number of hydrogen-bond acceptors (Lipinski definition) is 2. The van der Waals surface area contributed by atoms with Gasteiger partial charge in [-0.15, -0.1) is 0 Å². The molecule has 0 bridgehead atoms. The van der Waals surface area contributed by atoms with Crippen LogP contribution in [-0.4, -0.2) is 19.7 Å². The Balaban J connectivity index is 1.76. The van der Waals surface area contributed by atoms with E-state index in [2.05, 4.69) is 29.6 Å². The van der Waals surface area contributed by atoms with Gasteiger partial charge in [0.1, 0.15) is 0 Å². The third-order valence-corrected chi connectivity index (χ3v) is 3.22. The molecule has 0 aromatic heterocycles. The van der Waals surface area contributed by atoms with Crippen molar-refractivity contribution in [3.8, 4) is 0 Å². The van der Waals surface area contributed by atoms with Crippen LogP contribution in [0.2, 0.25) is 0 Å². The number of hydrogen-bond donors (Lipinski definition) is 1. The Morgan fingerprint density at radius 3 is 2.44 bits per heavy atom. The monoisotopic (exact) mass is 219 g/mol. The second kappa shape index (κ2) is 6.02. The van der Waals surface area contributed by atoms with Crippen LogP contribution in [-0.2, 0) is 17.8 Å². The Morgan fingerprint density at radius 1 is 1.19 bits per heavy atom. The van der Waals surface area contributed by atoms with Gasteiger partial charge in [0.15, 0.2) is 0 Å². The highest BCUT2D eigenvalue weighted by Crippen LogP contribution is 2.23. The average molecular weight is 219 g/mol. The van der Waals surface area contributed by atoms with Crippen molar-refractivity contribution in [1.29, 1.82) is 0 Å². The zero-order valence-electron chi connectivity index (χ0n) is 10.0. The Labute approximate surface area is 98.0 Å². The molecule has 1 N–H and O–H groups in total. The molecule has 0 heterocycles. The van der Waals surface area contributed by atoms with Crippen molar-refractivity contribution in [2.75, 3.05) is 13.6 Å². The minimum atomic E-state index is 0.531. The van der Waals surface area contributed by atoms with Gasteiger partial charge < -0.3 is 10.1 Å². The quantitative estimate of drug-likeness (QED) is 0.794. The molecule has 2 heteroatoms. The standard InChI is InChI=1S/C14H21NO/c1-15-10-9-12-5-7-13(8-6-12)11-16-14-3-2-4-14/h5-8,14-15H,2-4,9-11H2,1H3.